The van der Waals surface area contributed by atoms with Crippen LogP contribution in [0.25, 0.3) is 10.9 Å². The second kappa shape index (κ2) is 10.0. The summed E-state index contributed by atoms with van der Waals surface area (Å²) in [6.07, 6.45) is 5.64. The highest BCUT2D eigenvalue weighted by atomic mass is 79.9. The number of nitrogens with one attached hydrogen (secondary N) is 1. The maximum atomic E-state index is 4.74. The van der Waals surface area contributed by atoms with Crippen LogP contribution in [0.4, 0.5) is 11.6 Å². The molecule has 1 saturated heterocycles. The lowest BCUT2D eigenvalue weighted by Crippen LogP contribution is -2.46. The van der Waals surface area contributed by atoms with E-state index in [0.717, 1.165) is 65.6 Å². The average Bonchev–Trinajstić information content (AvgIpc) is 2.85. The van der Waals surface area contributed by atoms with E-state index in [0.29, 0.717) is 0 Å². The maximum Gasteiger partial charge on any atom is 0.138 e. The Bertz CT molecular complexity index is 1270. The van der Waals surface area contributed by atoms with Gasteiger partial charge in [0, 0.05) is 55.0 Å². The van der Waals surface area contributed by atoms with Crippen molar-refractivity contribution in [2.24, 2.45) is 0 Å². The molecular formula is C26H28BrN7. The van der Waals surface area contributed by atoms with Gasteiger partial charge in [-0.25, -0.2) is 15.0 Å². The van der Waals surface area contributed by atoms with Gasteiger partial charge >= 0.3 is 0 Å². The zero-order valence-electron chi connectivity index (χ0n) is 19.4. The summed E-state index contributed by atoms with van der Waals surface area (Å²) >= 11 is 3.57. The van der Waals surface area contributed by atoms with Crippen LogP contribution in [-0.2, 0) is 6.54 Å². The van der Waals surface area contributed by atoms with Gasteiger partial charge in [-0.15, -0.1) is 0 Å². The number of rotatable bonds is 6. The van der Waals surface area contributed by atoms with Gasteiger partial charge < -0.3 is 10.2 Å². The normalized spacial score (nSPS) is 15.4. The van der Waals surface area contributed by atoms with E-state index in [4.69, 9.17) is 9.97 Å². The molecule has 0 amide bonds. The zero-order chi connectivity index (χ0) is 23.5. The zero-order valence-corrected chi connectivity index (χ0v) is 21.0. The van der Waals surface area contributed by atoms with Crippen molar-refractivity contribution in [2.45, 2.75) is 26.4 Å². The molecule has 1 aliphatic heterocycles. The van der Waals surface area contributed by atoms with E-state index < -0.39 is 0 Å². The van der Waals surface area contributed by atoms with E-state index in [1.807, 2.05) is 37.6 Å². The molecule has 0 aliphatic carbocycles. The molecule has 0 spiro atoms. The van der Waals surface area contributed by atoms with E-state index in [1.54, 1.807) is 0 Å². The summed E-state index contributed by atoms with van der Waals surface area (Å²) in [6.45, 7) is 8.85. The van der Waals surface area contributed by atoms with Gasteiger partial charge in [0.05, 0.1) is 17.8 Å². The molecule has 34 heavy (non-hydrogen) atoms. The van der Waals surface area contributed by atoms with Gasteiger partial charge in [-0.1, -0.05) is 34.1 Å². The third-order valence-corrected chi connectivity index (χ3v) is 6.70. The first-order valence-corrected chi connectivity index (χ1v) is 12.4. The first kappa shape index (κ1) is 22.7. The number of piperazine rings is 1. The largest absolute Gasteiger partial charge is 0.363 e. The minimum Gasteiger partial charge on any atom is -0.363 e. The molecule has 1 unspecified atom stereocenters. The van der Waals surface area contributed by atoms with Crippen molar-refractivity contribution in [3.8, 4) is 0 Å². The lowest BCUT2D eigenvalue weighted by molar-refractivity contribution is 0.249. The Morgan fingerprint density at radius 2 is 1.88 bits per heavy atom. The fourth-order valence-electron chi connectivity index (χ4n) is 4.37. The molecule has 1 aromatic carbocycles. The highest BCUT2D eigenvalue weighted by Gasteiger charge is 2.20. The molecule has 5 rings (SSSR count). The van der Waals surface area contributed by atoms with Gasteiger partial charge in [-0.2, -0.15) is 0 Å². The molecule has 0 radical (unpaired) electrons. The molecule has 8 heteroatoms. The maximum absolute atomic E-state index is 4.74. The van der Waals surface area contributed by atoms with Crippen LogP contribution in [0.3, 0.4) is 0 Å². The summed E-state index contributed by atoms with van der Waals surface area (Å²) < 4.78 is 1.07. The van der Waals surface area contributed by atoms with Crippen molar-refractivity contribution in [1.82, 2.24) is 24.8 Å². The fraction of sp³-hybridized carbons (Fsp3) is 0.308. The highest BCUT2D eigenvalue weighted by molar-refractivity contribution is 9.10. The molecule has 1 aliphatic rings. The Hall–Kier alpha value is -3.10. The number of halogens is 1. The molecule has 1 atom stereocenters. The van der Waals surface area contributed by atoms with Crippen LogP contribution in [0.5, 0.6) is 0 Å². The second-order valence-corrected chi connectivity index (χ2v) is 9.64. The number of aryl methyl sites for hydroxylation is 1. The average molecular weight is 518 g/mol. The smallest absolute Gasteiger partial charge is 0.138 e. The van der Waals surface area contributed by atoms with Crippen molar-refractivity contribution >= 4 is 38.5 Å². The van der Waals surface area contributed by atoms with Gasteiger partial charge in [0.2, 0.25) is 0 Å². The quantitative estimate of drug-likeness (QED) is 0.386. The number of fused-ring (bicyclic) bond motifs is 1. The van der Waals surface area contributed by atoms with E-state index in [9.17, 15) is 0 Å². The molecule has 0 bridgehead atoms. The first-order chi connectivity index (χ1) is 16.5. The summed E-state index contributed by atoms with van der Waals surface area (Å²) in [4.78, 5) is 23.2. The van der Waals surface area contributed by atoms with Gasteiger partial charge in [0.15, 0.2) is 0 Å². The highest BCUT2D eigenvalue weighted by Crippen LogP contribution is 2.28. The van der Waals surface area contributed by atoms with Crippen LogP contribution in [0, 0.1) is 6.92 Å². The number of pyridine rings is 2. The number of anilines is 2. The second-order valence-electron chi connectivity index (χ2n) is 8.72. The molecule has 0 saturated carbocycles. The third kappa shape index (κ3) is 5.18. The van der Waals surface area contributed by atoms with Crippen LogP contribution >= 0.6 is 15.9 Å². The van der Waals surface area contributed by atoms with E-state index in [1.165, 1.54) is 11.1 Å². The molecular weight excluding hydrogens is 490 g/mol. The van der Waals surface area contributed by atoms with Crippen molar-refractivity contribution in [3.05, 3.63) is 82.5 Å². The van der Waals surface area contributed by atoms with Gasteiger partial charge in [0.25, 0.3) is 0 Å². The standard InChI is InChI=1S/C26H28BrN7/c1-18(21-6-3-7-22(27)13-21)30-26-23-14-25(29-16-24(23)31-19(2)32-26)34-11-9-33(10-12-34)17-20-5-4-8-28-15-20/h3-8,13-16,18H,9-12,17H2,1-2H3,(H,30,31,32). The number of nitrogens with zero attached hydrogens (tertiary/aromatic N) is 6. The fourth-order valence-corrected chi connectivity index (χ4v) is 4.79. The minimum absolute atomic E-state index is 0.0997. The monoisotopic (exact) mass is 517 g/mol. The summed E-state index contributed by atoms with van der Waals surface area (Å²) in [5.74, 6) is 2.54. The predicted molar refractivity (Wildman–Crippen MR) is 140 cm³/mol. The van der Waals surface area contributed by atoms with Crippen LogP contribution in [-0.4, -0.2) is 51.0 Å². The van der Waals surface area contributed by atoms with Crippen molar-refractivity contribution in [1.29, 1.82) is 0 Å². The molecule has 3 aromatic heterocycles. The summed E-state index contributed by atoms with van der Waals surface area (Å²) in [6, 6.07) is 14.7. The lowest BCUT2D eigenvalue weighted by atomic mass is 10.1. The Morgan fingerprint density at radius 3 is 2.65 bits per heavy atom. The molecule has 7 nitrogen and oxygen atoms in total. The first-order valence-electron chi connectivity index (χ1n) is 11.6. The lowest BCUT2D eigenvalue weighted by Gasteiger charge is -2.35. The SMILES string of the molecule is Cc1nc(NC(C)c2cccc(Br)c2)c2cc(N3CCN(Cc4cccnc4)CC3)ncc2n1. The van der Waals surface area contributed by atoms with Crippen LogP contribution < -0.4 is 10.2 Å². The van der Waals surface area contributed by atoms with Crippen molar-refractivity contribution in [3.63, 3.8) is 0 Å². The Labute approximate surface area is 208 Å². The molecule has 174 valence electrons. The minimum atomic E-state index is 0.0997. The van der Waals surface area contributed by atoms with E-state index >= 15 is 0 Å². The summed E-state index contributed by atoms with van der Waals surface area (Å²) in [7, 11) is 0. The van der Waals surface area contributed by atoms with Gasteiger partial charge in [0.1, 0.15) is 17.5 Å². The van der Waals surface area contributed by atoms with E-state index in [2.05, 4.69) is 78.3 Å². The summed E-state index contributed by atoms with van der Waals surface area (Å²) in [5.41, 5.74) is 3.30. The predicted octanol–water partition coefficient (Wildman–Crippen LogP) is 4.99. The molecule has 4 aromatic rings. The molecule has 1 N–H and O–H groups in total. The molecule has 1 fully saturated rings. The number of hydrogen-bond acceptors (Lipinski definition) is 7. The number of benzene rings is 1. The third-order valence-electron chi connectivity index (χ3n) is 6.21. The Kier molecular flexibility index (Phi) is 6.69. The summed E-state index contributed by atoms with van der Waals surface area (Å²) in [5, 5.41) is 4.60. The van der Waals surface area contributed by atoms with Crippen LogP contribution in [0.1, 0.15) is 29.9 Å². The molecule has 4 heterocycles. The number of aromatic nitrogens is 4. The number of hydrogen-bond donors (Lipinski definition) is 1. The Balaban J connectivity index is 1.34. The topological polar surface area (TPSA) is 70.1 Å². The van der Waals surface area contributed by atoms with Crippen LogP contribution in [0.15, 0.2) is 65.5 Å². The van der Waals surface area contributed by atoms with Crippen molar-refractivity contribution < 1.29 is 0 Å². The van der Waals surface area contributed by atoms with E-state index in [-0.39, 0.29) is 6.04 Å². The van der Waals surface area contributed by atoms with Gasteiger partial charge in [-0.3, -0.25) is 9.88 Å². The van der Waals surface area contributed by atoms with Gasteiger partial charge in [-0.05, 0) is 49.2 Å². The van der Waals surface area contributed by atoms with Crippen molar-refractivity contribution in [2.75, 3.05) is 36.4 Å². The Morgan fingerprint density at radius 1 is 1.03 bits per heavy atom. The van der Waals surface area contributed by atoms with Crippen LogP contribution in [0.2, 0.25) is 0 Å².